The smallest absolute Gasteiger partial charge is 0.122 e. The average Bonchev–Trinajstić information content (AvgIpc) is 2.70. The maximum atomic E-state index is 11.2. The minimum atomic E-state index is -0.0155. The molecule has 1 nitrogen and oxygen atoms in total. The van der Waals surface area contributed by atoms with Crippen LogP contribution >= 0.6 is 0 Å². The van der Waals surface area contributed by atoms with Crippen LogP contribution in [0.1, 0.15) is 155 Å². The molecule has 0 aliphatic carbocycles. The third-order valence-electron chi connectivity index (χ3n) is 7.24. The summed E-state index contributed by atoms with van der Waals surface area (Å²) in [6.07, 6.45) is 20.8. The van der Waals surface area contributed by atoms with Gasteiger partial charge in [-0.25, -0.2) is 0 Å². The van der Waals surface area contributed by atoms with Gasteiger partial charge in [0.05, 0.1) is 0 Å². The van der Waals surface area contributed by atoms with Crippen LogP contribution in [0.15, 0.2) is 12.1 Å². The van der Waals surface area contributed by atoms with Crippen molar-refractivity contribution in [1.29, 1.82) is 0 Å². The van der Waals surface area contributed by atoms with Crippen LogP contribution in [-0.4, -0.2) is 5.11 Å². The molecule has 1 rings (SSSR count). The van der Waals surface area contributed by atoms with E-state index in [4.69, 9.17) is 0 Å². The fourth-order valence-electron chi connectivity index (χ4n) is 5.60. The number of hydrogen-bond donors (Lipinski definition) is 1. The van der Waals surface area contributed by atoms with E-state index in [1.54, 1.807) is 0 Å². The predicted molar refractivity (Wildman–Crippen MR) is 144 cm³/mol. The molecule has 0 aliphatic rings. The van der Waals surface area contributed by atoms with Gasteiger partial charge in [-0.05, 0) is 49.0 Å². The molecular weight excluding hydrogens is 388 g/mol. The molecule has 186 valence electrons. The highest BCUT2D eigenvalue weighted by molar-refractivity contribution is 5.47. The van der Waals surface area contributed by atoms with E-state index in [1.165, 1.54) is 95.5 Å². The lowest BCUT2D eigenvalue weighted by Crippen LogP contribution is -2.27. The van der Waals surface area contributed by atoms with Gasteiger partial charge in [0.2, 0.25) is 0 Å². The van der Waals surface area contributed by atoms with Crippen molar-refractivity contribution in [2.45, 2.75) is 157 Å². The molecule has 1 heteroatoms. The van der Waals surface area contributed by atoms with Crippen LogP contribution in [0.4, 0.5) is 0 Å². The highest BCUT2D eigenvalue weighted by Gasteiger charge is 2.32. The monoisotopic (exact) mass is 444 g/mol. The summed E-state index contributed by atoms with van der Waals surface area (Å²) in [4.78, 5) is 0. The van der Waals surface area contributed by atoms with E-state index in [1.807, 2.05) is 0 Å². The number of aryl methyl sites for hydroxylation is 2. The second kappa shape index (κ2) is 15.0. The van der Waals surface area contributed by atoms with Gasteiger partial charge in [-0.15, -0.1) is 0 Å². The summed E-state index contributed by atoms with van der Waals surface area (Å²) >= 11 is 0. The van der Waals surface area contributed by atoms with Gasteiger partial charge in [-0.2, -0.15) is 0 Å². The number of phenolic OH excluding ortho intramolecular Hbond substituents is 1. The van der Waals surface area contributed by atoms with Crippen molar-refractivity contribution in [3.63, 3.8) is 0 Å². The van der Waals surface area contributed by atoms with Gasteiger partial charge in [0.1, 0.15) is 5.75 Å². The number of phenols is 1. The molecule has 0 heterocycles. The number of rotatable bonds is 18. The zero-order valence-corrected chi connectivity index (χ0v) is 22.9. The van der Waals surface area contributed by atoms with E-state index in [9.17, 15) is 5.11 Å². The van der Waals surface area contributed by atoms with E-state index in [0.29, 0.717) is 11.2 Å². The first-order chi connectivity index (χ1) is 15.1. The van der Waals surface area contributed by atoms with Crippen LogP contribution in [-0.2, 0) is 11.8 Å². The third kappa shape index (κ3) is 11.2. The maximum absolute atomic E-state index is 11.2. The molecule has 0 aromatic heterocycles. The molecule has 0 saturated heterocycles. The average molecular weight is 445 g/mol. The zero-order valence-electron chi connectivity index (χ0n) is 22.9. The summed E-state index contributed by atoms with van der Waals surface area (Å²) in [6.45, 7) is 16.2. The van der Waals surface area contributed by atoms with Crippen molar-refractivity contribution in [3.05, 3.63) is 28.8 Å². The second-order valence-corrected chi connectivity index (χ2v) is 11.9. The summed E-state index contributed by atoms with van der Waals surface area (Å²) in [5, 5.41) is 11.2. The standard InChI is InChI=1S/C31H56O/c1-8-10-12-13-14-15-16-17-18-19-21-27-23-26(3)24-28(29(27)32)31(6,7)25-30(4,5)22-20-11-9-2/h23-24,32H,8-22,25H2,1-7H3. The predicted octanol–water partition coefficient (Wildman–Crippen LogP) is 10.4. The normalized spacial score (nSPS) is 12.5. The molecule has 0 amide bonds. The molecule has 0 spiro atoms. The lowest BCUT2D eigenvalue weighted by Gasteiger charge is -2.36. The fourth-order valence-corrected chi connectivity index (χ4v) is 5.60. The number of unbranched alkanes of at least 4 members (excludes halogenated alkanes) is 11. The quantitative estimate of drug-likeness (QED) is 0.223. The maximum Gasteiger partial charge on any atom is 0.122 e. The molecule has 0 saturated carbocycles. The van der Waals surface area contributed by atoms with Crippen LogP contribution in [0.5, 0.6) is 5.75 Å². The Morgan fingerprint density at radius 2 is 1.19 bits per heavy atom. The van der Waals surface area contributed by atoms with Crippen molar-refractivity contribution in [2.24, 2.45) is 5.41 Å². The Labute approximate surface area is 201 Å². The van der Waals surface area contributed by atoms with Crippen LogP contribution in [0, 0.1) is 12.3 Å². The lowest BCUT2D eigenvalue weighted by molar-refractivity contribution is 0.229. The van der Waals surface area contributed by atoms with E-state index < -0.39 is 0 Å². The van der Waals surface area contributed by atoms with Gasteiger partial charge < -0.3 is 5.11 Å². The summed E-state index contributed by atoms with van der Waals surface area (Å²) in [5.41, 5.74) is 3.89. The molecule has 0 radical (unpaired) electrons. The Hall–Kier alpha value is -0.980. The molecule has 0 fully saturated rings. The first-order valence-corrected chi connectivity index (χ1v) is 14.0. The van der Waals surface area contributed by atoms with Gasteiger partial charge in [0, 0.05) is 5.56 Å². The first-order valence-electron chi connectivity index (χ1n) is 14.0. The van der Waals surface area contributed by atoms with Crippen molar-refractivity contribution >= 4 is 0 Å². The van der Waals surface area contributed by atoms with Gasteiger partial charge in [-0.1, -0.05) is 136 Å². The molecular formula is C31H56O. The molecule has 1 N–H and O–H groups in total. The molecule has 0 bridgehead atoms. The van der Waals surface area contributed by atoms with Gasteiger partial charge in [-0.3, -0.25) is 0 Å². The van der Waals surface area contributed by atoms with E-state index in [0.717, 1.165) is 24.0 Å². The molecule has 0 aliphatic heterocycles. The van der Waals surface area contributed by atoms with Crippen molar-refractivity contribution < 1.29 is 5.11 Å². The summed E-state index contributed by atoms with van der Waals surface area (Å²) in [7, 11) is 0. The Bertz CT molecular complexity index is 626. The first kappa shape index (κ1) is 29.1. The summed E-state index contributed by atoms with van der Waals surface area (Å²) < 4.78 is 0. The Morgan fingerprint density at radius 3 is 1.75 bits per heavy atom. The minimum absolute atomic E-state index is 0.0155. The minimum Gasteiger partial charge on any atom is -0.507 e. The summed E-state index contributed by atoms with van der Waals surface area (Å²) in [5.74, 6) is 0.570. The largest absolute Gasteiger partial charge is 0.507 e. The van der Waals surface area contributed by atoms with Crippen LogP contribution in [0.3, 0.4) is 0 Å². The van der Waals surface area contributed by atoms with Crippen LogP contribution in [0.2, 0.25) is 0 Å². The third-order valence-corrected chi connectivity index (χ3v) is 7.24. The fraction of sp³-hybridized carbons (Fsp3) is 0.806. The molecule has 1 aromatic carbocycles. The van der Waals surface area contributed by atoms with Crippen molar-refractivity contribution in [3.8, 4) is 5.75 Å². The summed E-state index contributed by atoms with van der Waals surface area (Å²) in [6, 6.07) is 4.45. The van der Waals surface area contributed by atoms with Crippen LogP contribution < -0.4 is 0 Å². The van der Waals surface area contributed by atoms with Crippen molar-refractivity contribution in [2.75, 3.05) is 0 Å². The van der Waals surface area contributed by atoms with Gasteiger partial charge in [0.15, 0.2) is 0 Å². The molecule has 0 unspecified atom stereocenters. The Balaban J connectivity index is 2.59. The van der Waals surface area contributed by atoms with E-state index >= 15 is 0 Å². The highest BCUT2D eigenvalue weighted by atomic mass is 16.3. The lowest BCUT2D eigenvalue weighted by atomic mass is 9.69. The van der Waals surface area contributed by atoms with Crippen LogP contribution in [0.25, 0.3) is 0 Å². The van der Waals surface area contributed by atoms with E-state index in [2.05, 4.69) is 60.6 Å². The van der Waals surface area contributed by atoms with Crippen molar-refractivity contribution in [1.82, 2.24) is 0 Å². The SMILES string of the molecule is CCCCCCCCCCCCc1cc(C)cc(C(C)(C)CC(C)(C)CCCCC)c1O. The molecule has 1 aromatic rings. The topological polar surface area (TPSA) is 20.2 Å². The highest BCUT2D eigenvalue weighted by Crippen LogP contribution is 2.44. The Kier molecular flexibility index (Phi) is 13.6. The number of benzene rings is 1. The molecule has 32 heavy (non-hydrogen) atoms. The Morgan fingerprint density at radius 1 is 0.688 bits per heavy atom. The van der Waals surface area contributed by atoms with E-state index in [-0.39, 0.29) is 5.41 Å². The van der Waals surface area contributed by atoms with Gasteiger partial charge >= 0.3 is 0 Å². The molecule has 0 atom stereocenters. The van der Waals surface area contributed by atoms with Gasteiger partial charge in [0.25, 0.3) is 0 Å². The number of aromatic hydroxyl groups is 1. The number of hydrogen-bond acceptors (Lipinski definition) is 1. The second-order valence-electron chi connectivity index (χ2n) is 11.9. The zero-order chi connectivity index (χ0) is 24.0.